The summed E-state index contributed by atoms with van der Waals surface area (Å²) >= 11 is 0. The molecule has 2 aromatic rings. The van der Waals surface area contributed by atoms with Crippen molar-refractivity contribution in [3.8, 4) is 11.1 Å². The van der Waals surface area contributed by atoms with E-state index in [4.69, 9.17) is 0 Å². The van der Waals surface area contributed by atoms with Gasteiger partial charge in [0.1, 0.15) is 6.04 Å². The van der Waals surface area contributed by atoms with Crippen LogP contribution in [0.2, 0.25) is 0 Å². The molecule has 1 atom stereocenters. The van der Waals surface area contributed by atoms with Crippen LogP contribution in [-0.2, 0) is 4.79 Å². The van der Waals surface area contributed by atoms with Gasteiger partial charge in [-0.05, 0) is 23.3 Å². The van der Waals surface area contributed by atoms with Gasteiger partial charge in [0.2, 0.25) is 5.91 Å². The lowest BCUT2D eigenvalue weighted by Gasteiger charge is -2.26. The van der Waals surface area contributed by atoms with E-state index in [-0.39, 0.29) is 11.8 Å². The van der Waals surface area contributed by atoms with Gasteiger partial charge in [-0.2, -0.15) is 0 Å². The Bertz CT molecular complexity index is 635. The molecule has 0 unspecified atom stereocenters. The molecule has 2 amide bonds. The van der Waals surface area contributed by atoms with E-state index in [1.54, 1.807) is 12.1 Å². The normalized spacial score (nSPS) is 17.0. The van der Waals surface area contributed by atoms with Crippen LogP contribution in [0, 0.1) is 0 Å². The summed E-state index contributed by atoms with van der Waals surface area (Å²) < 4.78 is 0. The van der Waals surface area contributed by atoms with Crippen LogP contribution in [0.25, 0.3) is 11.1 Å². The minimum Gasteiger partial charge on any atom is -0.352 e. The summed E-state index contributed by atoms with van der Waals surface area (Å²) in [6.07, 6.45) is 0. The molecule has 0 radical (unpaired) electrons. The summed E-state index contributed by atoms with van der Waals surface area (Å²) in [7, 11) is 0. The van der Waals surface area contributed by atoms with E-state index in [1.807, 2.05) is 42.5 Å². The van der Waals surface area contributed by atoms with Gasteiger partial charge in [-0.3, -0.25) is 9.59 Å². The zero-order chi connectivity index (χ0) is 13.9. The van der Waals surface area contributed by atoms with E-state index in [0.717, 1.165) is 11.1 Å². The highest BCUT2D eigenvalue weighted by molar-refractivity contribution is 5.99. The molecule has 4 heteroatoms. The molecule has 2 aromatic carbocycles. The van der Waals surface area contributed by atoms with Gasteiger partial charge in [-0.1, -0.05) is 42.5 Å². The fourth-order valence-corrected chi connectivity index (χ4v) is 2.09. The van der Waals surface area contributed by atoms with Gasteiger partial charge in [-0.15, -0.1) is 0 Å². The molecule has 1 aliphatic heterocycles. The van der Waals surface area contributed by atoms with Crippen molar-refractivity contribution in [3.63, 3.8) is 0 Å². The quantitative estimate of drug-likeness (QED) is 0.829. The Kier molecular flexibility index (Phi) is 3.21. The minimum absolute atomic E-state index is 0.126. The monoisotopic (exact) mass is 266 g/mol. The lowest BCUT2D eigenvalue weighted by Crippen LogP contribution is -2.61. The number of amides is 2. The Morgan fingerprint density at radius 3 is 2.20 bits per heavy atom. The molecule has 0 saturated carbocycles. The first-order valence-electron chi connectivity index (χ1n) is 6.48. The molecule has 0 bridgehead atoms. The van der Waals surface area contributed by atoms with Gasteiger partial charge in [0.25, 0.3) is 5.91 Å². The first kappa shape index (κ1) is 12.4. The molecular weight excluding hydrogens is 252 g/mol. The van der Waals surface area contributed by atoms with Gasteiger partial charge in [-0.25, -0.2) is 0 Å². The molecular formula is C16H14N2O2. The van der Waals surface area contributed by atoms with Crippen LogP contribution in [0.5, 0.6) is 0 Å². The van der Waals surface area contributed by atoms with Crippen LogP contribution in [0.4, 0.5) is 0 Å². The van der Waals surface area contributed by atoms with Crippen molar-refractivity contribution in [2.24, 2.45) is 0 Å². The maximum Gasteiger partial charge on any atom is 0.251 e. The fourth-order valence-electron chi connectivity index (χ4n) is 2.09. The molecule has 4 nitrogen and oxygen atoms in total. The zero-order valence-electron chi connectivity index (χ0n) is 10.8. The molecule has 3 rings (SSSR count). The maximum atomic E-state index is 12.0. The average Bonchev–Trinajstić information content (AvgIpc) is 2.52. The molecule has 20 heavy (non-hydrogen) atoms. The van der Waals surface area contributed by atoms with E-state index >= 15 is 0 Å². The Hall–Kier alpha value is -2.62. The molecule has 2 N–H and O–H groups in total. The number of carbonyl (C=O) groups is 2. The number of carbonyl (C=O) groups excluding carboxylic acids is 2. The number of β-lactam (4-membered cyclic amide) rings is 1. The Morgan fingerprint density at radius 2 is 1.65 bits per heavy atom. The maximum absolute atomic E-state index is 12.0. The largest absolute Gasteiger partial charge is 0.352 e. The number of rotatable bonds is 3. The molecule has 1 saturated heterocycles. The summed E-state index contributed by atoms with van der Waals surface area (Å²) in [4.78, 5) is 23.1. The van der Waals surface area contributed by atoms with Crippen LogP contribution >= 0.6 is 0 Å². The van der Waals surface area contributed by atoms with Crippen molar-refractivity contribution in [2.75, 3.05) is 6.54 Å². The third-order valence-electron chi connectivity index (χ3n) is 3.36. The van der Waals surface area contributed by atoms with Crippen molar-refractivity contribution < 1.29 is 9.59 Å². The van der Waals surface area contributed by atoms with Gasteiger partial charge < -0.3 is 10.6 Å². The highest BCUT2D eigenvalue weighted by Crippen LogP contribution is 2.19. The summed E-state index contributed by atoms with van der Waals surface area (Å²) in [5.41, 5.74) is 2.73. The highest BCUT2D eigenvalue weighted by atomic mass is 16.2. The second kappa shape index (κ2) is 5.17. The predicted molar refractivity (Wildman–Crippen MR) is 76.1 cm³/mol. The van der Waals surface area contributed by atoms with Gasteiger partial charge in [0.05, 0.1) is 0 Å². The molecule has 0 aliphatic carbocycles. The minimum atomic E-state index is -0.392. The Morgan fingerprint density at radius 1 is 1.00 bits per heavy atom. The van der Waals surface area contributed by atoms with E-state index in [9.17, 15) is 9.59 Å². The van der Waals surface area contributed by atoms with Crippen molar-refractivity contribution in [3.05, 3.63) is 60.2 Å². The van der Waals surface area contributed by atoms with Crippen LogP contribution < -0.4 is 10.6 Å². The van der Waals surface area contributed by atoms with Gasteiger partial charge in [0.15, 0.2) is 0 Å². The molecule has 1 heterocycles. The van der Waals surface area contributed by atoms with Crippen molar-refractivity contribution >= 4 is 11.8 Å². The lowest BCUT2D eigenvalue weighted by atomic mass is 10.0. The summed E-state index contributed by atoms with van der Waals surface area (Å²) in [5, 5.41) is 5.28. The van der Waals surface area contributed by atoms with Crippen LogP contribution in [0.1, 0.15) is 10.4 Å². The highest BCUT2D eigenvalue weighted by Gasteiger charge is 2.29. The third-order valence-corrected chi connectivity index (χ3v) is 3.36. The first-order chi connectivity index (χ1) is 9.74. The van der Waals surface area contributed by atoms with E-state index in [2.05, 4.69) is 10.6 Å². The van der Waals surface area contributed by atoms with Gasteiger partial charge >= 0.3 is 0 Å². The topological polar surface area (TPSA) is 58.2 Å². The molecule has 0 spiro atoms. The standard InChI is InChI=1S/C16H14N2O2/c19-15(18-14-10-17-16(14)20)13-8-6-12(7-9-13)11-4-2-1-3-5-11/h1-9,14H,10H2,(H,17,20)(H,18,19)/t14-/m0/s1. The first-order valence-corrected chi connectivity index (χ1v) is 6.48. The van der Waals surface area contributed by atoms with Crippen molar-refractivity contribution in [1.82, 2.24) is 10.6 Å². The third kappa shape index (κ3) is 2.40. The summed E-state index contributed by atoms with van der Waals surface area (Å²) in [6, 6.07) is 16.9. The Balaban J connectivity index is 1.73. The number of nitrogens with one attached hydrogen (secondary N) is 2. The lowest BCUT2D eigenvalue weighted by molar-refractivity contribution is -0.128. The van der Waals surface area contributed by atoms with Crippen LogP contribution in [0.3, 0.4) is 0 Å². The molecule has 100 valence electrons. The molecule has 1 aliphatic rings. The van der Waals surface area contributed by atoms with E-state index in [1.165, 1.54) is 0 Å². The van der Waals surface area contributed by atoms with Crippen molar-refractivity contribution in [1.29, 1.82) is 0 Å². The number of hydrogen-bond acceptors (Lipinski definition) is 2. The number of benzene rings is 2. The second-order valence-electron chi connectivity index (χ2n) is 4.71. The summed E-state index contributed by atoms with van der Waals surface area (Å²) in [6.45, 7) is 0.507. The Labute approximate surface area is 116 Å². The molecule has 0 aromatic heterocycles. The smallest absolute Gasteiger partial charge is 0.251 e. The van der Waals surface area contributed by atoms with Crippen LogP contribution in [-0.4, -0.2) is 24.4 Å². The predicted octanol–water partition coefficient (Wildman–Crippen LogP) is 1.58. The zero-order valence-corrected chi connectivity index (χ0v) is 10.8. The van der Waals surface area contributed by atoms with E-state index in [0.29, 0.717) is 12.1 Å². The van der Waals surface area contributed by atoms with Gasteiger partial charge in [0, 0.05) is 12.1 Å². The summed E-state index contributed by atoms with van der Waals surface area (Å²) in [5.74, 6) is -0.344. The van der Waals surface area contributed by atoms with Crippen LogP contribution in [0.15, 0.2) is 54.6 Å². The number of hydrogen-bond donors (Lipinski definition) is 2. The second-order valence-corrected chi connectivity index (χ2v) is 4.71. The molecule has 1 fully saturated rings. The fraction of sp³-hybridized carbons (Fsp3) is 0.125. The van der Waals surface area contributed by atoms with E-state index < -0.39 is 6.04 Å². The van der Waals surface area contributed by atoms with Crippen molar-refractivity contribution in [2.45, 2.75) is 6.04 Å². The average molecular weight is 266 g/mol. The SMILES string of the molecule is O=C(N[C@H]1CNC1=O)c1ccc(-c2ccccc2)cc1.